The smallest absolute Gasteiger partial charge is 0.188 e. The van der Waals surface area contributed by atoms with Crippen LogP contribution in [0.1, 0.15) is 39.2 Å². The zero-order valence-corrected chi connectivity index (χ0v) is 15.6. The van der Waals surface area contributed by atoms with Crippen LogP contribution >= 0.6 is 24.0 Å². The molecule has 0 bridgehead atoms. The molecule has 120 valence electrons. The van der Waals surface area contributed by atoms with E-state index in [9.17, 15) is 0 Å². The maximum atomic E-state index is 5.75. The van der Waals surface area contributed by atoms with E-state index in [2.05, 4.69) is 29.4 Å². The Morgan fingerprint density at radius 1 is 1.29 bits per heavy atom. The van der Waals surface area contributed by atoms with Gasteiger partial charge in [-0.2, -0.15) is 0 Å². The molecule has 0 aliphatic heterocycles. The molecule has 21 heavy (non-hydrogen) atoms. The predicted octanol–water partition coefficient (Wildman–Crippen LogP) is 3.34. The van der Waals surface area contributed by atoms with E-state index < -0.39 is 0 Å². The second-order valence-corrected chi connectivity index (χ2v) is 5.16. The first-order valence-electron chi connectivity index (χ1n) is 7.40. The minimum Gasteiger partial charge on any atom is -0.494 e. The molecule has 5 heteroatoms. The first-order chi connectivity index (χ1) is 9.61. The fraction of sp³-hybridized carbons (Fsp3) is 0.562. The third kappa shape index (κ3) is 9.55. The Balaban J connectivity index is 0.00000400. The highest BCUT2D eigenvalue weighted by Crippen LogP contribution is 2.13. The molecule has 0 spiro atoms. The summed E-state index contributed by atoms with van der Waals surface area (Å²) < 4.78 is 5.63. The van der Waals surface area contributed by atoms with Crippen molar-refractivity contribution in [3.05, 3.63) is 29.8 Å². The van der Waals surface area contributed by atoms with E-state index in [0.29, 0.717) is 18.5 Å². The highest BCUT2D eigenvalue weighted by atomic mass is 127. The number of unbranched alkanes of at least 4 members (excludes halogenated alkanes) is 1. The number of nitrogens with zero attached hydrogens (tertiary/aromatic N) is 1. The molecule has 1 rings (SSSR count). The van der Waals surface area contributed by atoms with Crippen molar-refractivity contribution in [2.45, 2.75) is 46.1 Å². The number of hydrogen-bond acceptors (Lipinski definition) is 2. The summed E-state index contributed by atoms with van der Waals surface area (Å²) in [5.74, 6) is 1.45. The zero-order chi connectivity index (χ0) is 14.8. The SMILES string of the molecule is CCCCOc1ccc(CCN=C(N)NC(C)C)cc1.I. The molecule has 0 atom stereocenters. The van der Waals surface area contributed by atoms with Crippen LogP contribution in [0.4, 0.5) is 0 Å². The summed E-state index contributed by atoms with van der Waals surface area (Å²) in [6.07, 6.45) is 3.14. The number of nitrogens with two attached hydrogens (primary N) is 1. The van der Waals surface area contributed by atoms with Crippen LogP contribution in [0.3, 0.4) is 0 Å². The van der Waals surface area contributed by atoms with Crippen molar-refractivity contribution in [3.8, 4) is 5.75 Å². The third-order valence-corrected chi connectivity index (χ3v) is 2.81. The summed E-state index contributed by atoms with van der Waals surface area (Å²) in [5.41, 5.74) is 6.99. The molecule has 0 fully saturated rings. The second-order valence-electron chi connectivity index (χ2n) is 5.16. The van der Waals surface area contributed by atoms with Crippen molar-refractivity contribution in [2.75, 3.05) is 13.2 Å². The highest BCUT2D eigenvalue weighted by Gasteiger charge is 1.97. The molecule has 0 saturated heterocycles. The Bertz CT molecular complexity index is 404. The van der Waals surface area contributed by atoms with Gasteiger partial charge in [0, 0.05) is 12.6 Å². The van der Waals surface area contributed by atoms with Crippen molar-refractivity contribution in [1.82, 2.24) is 5.32 Å². The van der Waals surface area contributed by atoms with Crippen molar-refractivity contribution >= 4 is 29.9 Å². The molecule has 0 aromatic heterocycles. The average molecular weight is 405 g/mol. The topological polar surface area (TPSA) is 59.6 Å². The number of nitrogens with one attached hydrogen (secondary N) is 1. The molecule has 0 saturated carbocycles. The van der Waals surface area contributed by atoms with Crippen molar-refractivity contribution < 1.29 is 4.74 Å². The van der Waals surface area contributed by atoms with Gasteiger partial charge < -0.3 is 15.8 Å². The molecule has 0 radical (unpaired) electrons. The summed E-state index contributed by atoms with van der Waals surface area (Å²) >= 11 is 0. The molecule has 0 unspecified atom stereocenters. The Labute approximate surface area is 145 Å². The minimum atomic E-state index is 0. The number of halogens is 1. The normalized spacial score (nSPS) is 11.1. The van der Waals surface area contributed by atoms with Crippen LogP contribution in [-0.4, -0.2) is 25.2 Å². The standard InChI is InChI=1S/C16H27N3O.HI/c1-4-5-12-20-15-8-6-14(7-9-15)10-11-18-16(17)19-13(2)3;/h6-9,13H,4-5,10-12H2,1-3H3,(H3,17,18,19);1H. The molecular formula is C16H28IN3O. The van der Waals surface area contributed by atoms with Gasteiger partial charge >= 0.3 is 0 Å². The maximum Gasteiger partial charge on any atom is 0.188 e. The summed E-state index contributed by atoms with van der Waals surface area (Å²) in [6.45, 7) is 7.73. The molecule has 3 N–H and O–H groups in total. The van der Waals surface area contributed by atoms with E-state index in [1.165, 1.54) is 5.56 Å². The lowest BCUT2D eigenvalue weighted by atomic mass is 10.1. The van der Waals surface area contributed by atoms with Gasteiger partial charge in [-0.15, -0.1) is 24.0 Å². The Morgan fingerprint density at radius 2 is 1.95 bits per heavy atom. The monoisotopic (exact) mass is 405 g/mol. The molecule has 1 aromatic carbocycles. The largest absolute Gasteiger partial charge is 0.494 e. The van der Waals surface area contributed by atoms with Gasteiger partial charge in [0.05, 0.1) is 6.61 Å². The van der Waals surface area contributed by atoms with E-state index in [4.69, 9.17) is 10.5 Å². The van der Waals surface area contributed by atoms with Crippen LogP contribution in [0.2, 0.25) is 0 Å². The van der Waals surface area contributed by atoms with Crippen LogP contribution in [-0.2, 0) is 6.42 Å². The fourth-order valence-corrected chi connectivity index (χ4v) is 1.73. The van der Waals surface area contributed by atoms with E-state index in [1.54, 1.807) is 0 Å². The number of ether oxygens (including phenoxy) is 1. The van der Waals surface area contributed by atoms with E-state index in [-0.39, 0.29) is 24.0 Å². The van der Waals surface area contributed by atoms with Gasteiger partial charge in [-0.1, -0.05) is 25.5 Å². The maximum absolute atomic E-state index is 5.75. The highest BCUT2D eigenvalue weighted by molar-refractivity contribution is 14.0. The molecule has 0 aliphatic rings. The zero-order valence-electron chi connectivity index (χ0n) is 13.3. The van der Waals surface area contributed by atoms with Crippen molar-refractivity contribution in [1.29, 1.82) is 0 Å². The Kier molecular flexibility index (Phi) is 11.1. The van der Waals surface area contributed by atoms with Gasteiger partial charge in [0.25, 0.3) is 0 Å². The van der Waals surface area contributed by atoms with Crippen LogP contribution in [0.15, 0.2) is 29.3 Å². The first kappa shape index (κ1) is 20.0. The van der Waals surface area contributed by atoms with Gasteiger partial charge in [0.1, 0.15) is 5.75 Å². The molecule has 0 amide bonds. The molecule has 4 nitrogen and oxygen atoms in total. The van der Waals surface area contributed by atoms with Gasteiger partial charge in [-0.05, 0) is 44.4 Å². The average Bonchev–Trinajstić information content (AvgIpc) is 2.40. The number of guanidine groups is 1. The van der Waals surface area contributed by atoms with Crippen molar-refractivity contribution in [3.63, 3.8) is 0 Å². The van der Waals surface area contributed by atoms with E-state index >= 15 is 0 Å². The number of rotatable bonds is 8. The van der Waals surface area contributed by atoms with Crippen LogP contribution in [0, 0.1) is 0 Å². The van der Waals surface area contributed by atoms with E-state index in [0.717, 1.165) is 31.6 Å². The summed E-state index contributed by atoms with van der Waals surface area (Å²) in [5, 5.41) is 3.07. The molecule has 0 aliphatic carbocycles. The number of hydrogen-bond donors (Lipinski definition) is 2. The summed E-state index contributed by atoms with van der Waals surface area (Å²) in [6, 6.07) is 8.53. The summed E-state index contributed by atoms with van der Waals surface area (Å²) in [7, 11) is 0. The quantitative estimate of drug-likeness (QED) is 0.302. The van der Waals surface area contributed by atoms with Gasteiger partial charge in [-0.25, -0.2) is 0 Å². The molecule has 1 aromatic rings. The van der Waals surface area contributed by atoms with Crippen molar-refractivity contribution in [2.24, 2.45) is 10.7 Å². The molecule has 0 heterocycles. The Morgan fingerprint density at radius 3 is 2.52 bits per heavy atom. The predicted molar refractivity (Wildman–Crippen MR) is 101 cm³/mol. The first-order valence-corrected chi connectivity index (χ1v) is 7.40. The fourth-order valence-electron chi connectivity index (χ4n) is 1.73. The van der Waals surface area contributed by atoms with Gasteiger partial charge in [0.15, 0.2) is 5.96 Å². The van der Waals surface area contributed by atoms with Crippen LogP contribution in [0.25, 0.3) is 0 Å². The third-order valence-electron chi connectivity index (χ3n) is 2.81. The van der Waals surface area contributed by atoms with E-state index in [1.807, 2.05) is 26.0 Å². The Hall–Kier alpha value is -0.980. The summed E-state index contributed by atoms with van der Waals surface area (Å²) in [4.78, 5) is 4.29. The number of aliphatic imine (C=N–C) groups is 1. The lowest BCUT2D eigenvalue weighted by molar-refractivity contribution is 0.309. The minimum absolute atomic E-state index is 0. The van der Waals surface area contributed by atoms with Gasteiger partial charge in [0.2, 0.25) is 0 Å². The van der Waals surface area contributed by atoms with Crippen LogP contribution in [0.5, 0.6) is 5.75 Å². The lowest BCUT2D eigenvalue weighted by Crippen LogP contribution is -2.36. The number of benzene rings is 1. The van der Waals surface area contributed by atoms with Gasteiger partial charge in [-0.3, -0.25) is 4.99 Å². The molecular weight excluding hydrogens is 377 g/mol. The second kappa shape index (κ2) is 11.7. The lowest BCUT2D eigenvalue weighted by Gasteiger charge is -2.08. The van der Waals surface area contributed by atoms with Crippen LogP contribution < -0.4 is 15.8 Å².